The van der Waals surface area contributed by atoms with E-state index in [9.17, 15) is 31.1 Å². The maximum Gasteiger partial charge on any atom is 0.492 e. The van der Waals surface area contributed by atoms with Crippen molar-refractivity contribution in [3.05, 3.63) is 53.1 Å². The summed E-state index contributed by atoms with van der Waals surface area (Å²) in [7, 11) is 0. The molecular weight excluding hydrogens is 428 g/mol. The highest BCUT2D eigenvalue weighted by Gasteiger charge is 2.45. The second-order valence-electron chi connectivity index (χ2n) is 6.15. The zero-order chi connectivity index (χ0) is 21.4. The van der Waals surface area contributed by atoms with Gasteiger partial charge in [-0.3, -0.25) is 0 Å². The van der Waals surface area contributed by atoms with Crippen molar-refractivity contribution in [2.45, 2.75) is 18.5 Å². The zero-order valence-corrected chi connectivity index (χ0v) is 15.1. The Morgan fingerprint density at radius 3 is 2.31 bits per heavy atom. The highest BCUT2D eigenvalue weighted by Crippen LogP contribution is 2.39. The van der Waals surface area contributed by atoms with Crippen molar-refractivity contribution in [2.75, 3.05) is 13.1 Å². The Morgan fingerprint density at radius 1 is 1.03 bits per heavy atom. The highest BCUT2D eigenvalue weighted by molar-refractivity contribution is 6.32. The number of rotatable bonds is 4. The Morgan fingerprint density at radius 2 is 1.69 bits per heavy atom. The van der Waals surface area contributed by atoms with E-state index >= 15 is 0 Å². The van der Waals surface area contributed by atoms with Crippen LogP contribution in [0.5, 0.6) is 5.75 Å². The molecule has 29 heavy (non-hydrogen) atoms. The summed E-state index contributed by atoms with van der Waals surface area (Å²) in [4.78, 5) is 14.9. The van der Waals surface area contributed by atoms with Crippen LogP contribution in [0, 0.1) is 0 Å². The molecule has 0 aliphatic carbocycles. The minimum absolute atomic E-state index is 0.0629. The summed E-state index contributed by atoms with van der Waals surface area (Å²) in [5.74, 6) is -2.28. The number of alkyl halides is 6. The first-order valence-electron chi connectivity index (χ1n) is 8.12. The van der Waals surface area contributed by atoms with E-state index in [4.69, 9.17) is 16.3 Å². The molecule has 1 aliphatic rings. The maximum atomic E-state index is 13.2. The SMILES string of the molecule is O=C(ON1CC(Oc2cc(-c3ccccc3C(F)(F)F)ccc2Cl)C1)C(F)(F)F. The number of halogens is 7. The zero-order valence-electron chi connectivity index (χ0n) is 14.4. The number of benzene rings is 2. The van der Waals surface area contributed by atoms with E-state index in [2.05, 4.69) is 4.84 Å². The lowest BCUT2D eigenvalue weighted by Gasteiger charge is -2.37. The first-order chi connectivity index (χ1) is 13.4. The molecule has 11 heteroatoms. The molecule has 3 rings (SSSR count). The summed E-state index contributed by atoms with van der Waals surface area (Å²) in [5, 5.41) is 0.876. The molecule has 4 nitrogen and oxygen atoms in total. The molecule has 0 aromatic heterocycles. The number of hydrogen-bond acceptors (Lipinski definition) is 4. The molecule has 1 heterocycles. The molecule has 1 fully saturated rings. The molecule has 0 amide bonds. The monoisotopic (exact) mass is 439 g/mol. The van der Waals surface area contributed by atoms with E-state index in [0.717, 1.165) is 11.1 Å². The fourth-order valence-corrected chi connectivity index (χ4v) is 2.80. The second-order valence-corrected chi connectivity index (χ2v) is 6.56. The number of carbonyl (C=O) groups is 1. The number of ether oxygens (including phenoxy) is 1. The van der Waals surface area contributed by atoms with E-state index in [0.29, 0.717) is 0 Å². The van der Waals surface area contributed by atoms with Crippen LogP contribution in [0.1, 0.15) is 5.56 Å². The van der Waals surface area contributed by atoms with Gasteiger partial charge < -0.3 is 9.57 Å². The van der Waals surface area contributed by atoms with Gasteiger partial charge in [0.1, 0.15) is 11.9 Å². The van der Waals surface area contributed by atoms with Gasteiger partial charge in [0.15, 0.2) is 0 Å². The third kappa shape index (κ3) is 4.94. The predicted molar refractivity (Wildman–Crippen MR) is 90.0 cm³/mol. The average Bonchev–Trinajstić information content (AvgIpc) is 2.59. The molecule has 1 saturated heterocycles. The van der Waals surface area contributed by atoms with Crippen molar-refractivity contribution < 1.29 is 40.7 Å². The van der Waals surface area contributed by atoms with E-state index in [1.807, 2.05) is 0 Å². The quantitative estimate of drug-likeness (QED) is 0.621. The molecule has 156 valence electrons. The van der Waals surface area contributed by atoms with Crippen LogP contribution in [0.15, 0.2) is 42.5 Å². The predicted octanol–water partition coefficient (Wildman–Crippen LogP) is 5.11. The van der Waals surface area contributed by atoms with Crippen LogP contribution < -0.4 is 4.74 Å². The van der Waals surface area contributed by atoms with Crippen molar-refractivity contribution in [1.82, 2.24) is 5.06 Å². The third-order valence-electron chi connectivity index (χ3n) is 4.03. The Kier molecular flexibility index (Phi) is 5.68. The Hall–Kier alpha value is -2.46. The van der Waals surface area contributed by atoms with Gasteiger partial charge in [-0.25, -0.2) is 4.79 Å². The topological polar surface area (TPSA) is 38.8 Å². The van der Waals surface area contributed by atoms with E-state index in [1.165, 1.54) is 36.4 Å². The van der Waals surface area contributed by atoms with Crippen LogP contribution in [0.2, 0.25) is 5.02 Å². The van der Waals surface area contributed by atoms with Crippen LogP contribution in [-0.4, -0.2) is 36.4 Å². The lowest BCUT2D eigenvalue weighted by Crippen LogP contribution is -2.55. The van der Waals surface area contributed by atoms with Crippen molar-refractivity contribution in [3.8, 4) is 16.9 Å². The van der Waals surface area contributed by atoms with Crippen molar-refractivity contribution in [2.24, 2.45) is 0 Å². The summed E-state index contributed by atoms with van der Waals surface area (Å²) < 4.78 is 81.7. The minimum atomic E-state index is -5.12. The largest absolute Gasteiger partial charge is 0.492 e. The molecule has 2 aromatic rings. The molecule has 0 atom stereocenters. The molecule has 2 aromatic carbocycles. The van der Waals surface area contributed by atoms with E-state index < -0.39 is 30.0 Å². The number of hydrogen-bond donors (Lipinski definition) is 0. The fraction of sp³-hybridized carbons (Fsp3) is 0.278. The van der Waals surface area contributed by atoms with Crippen LogP contribution in [0.4, 0.5) is 26.3 Å². The van der Waals surface area contributed by atoms with Crippen LogP contribution in [-0.2, 0) is 15.8 Å². The van der Waals surface area contributed by atoms with Crippen molar-refractivity contribution >= 4 is 17.6 Å². The summed E-state index contributed by atoms with van der Waals surface area (Å²) >= 11 is 6.02. The summed E-state index contributed by atoms with van der Waals surface area (Å²) in [6.45, 7) is -0.303. The summed E-state index contributed by atoms with van der Waals surface area (Å²) in [6, 6.07) is 9.05. The third-order valence-corrected chi connectivity index (χ3v) is 4.34. The molecule has 0 unspecified atom stereocenters. The second kappa shape index (κ2) is 7.75. The van der Waals surface area contributed by atoms with Gasteiger partial charge in [0, 0.05) is 0 Å². The highest BCUT2D eigenvalue weighted by atomic mass is 35.5. The molecule has 0 bridgehead atoms. The Balaban J connectivity index is 1.72. The first-order valence-corrected chi connectivity index (χ1v) is 8.50. The van der Waals surface area contributed by atoms with Gasteiger partial charge in [-0.1, -0.05) is 35.9 Å². The average molecular weight is 440 g/mol. The minimum Gasteiger partial charge on any atom is -0.486 e. The standard InChI is InChI=1S/C18H12ClF6NO3/c19-14-6-5-10(12-3-1-2-4-13(12)17(20,21)22)7-15(14)28-11-8-26(9-11)29-16(27)18(23,24)25/h1-7,11H,8-9H2. The molecule has 0 N–H and O–H groups in total. The van der Waals surface area contributed by atoms with Gasteiger partial charge in [-0.15, -0.1) is 5.06 Å². The Labute approximate surface area is 165 Å². The van der Waals surface area contributed by atoms with Crippen LogP contribution >= 0.6 is 11.6 Å². The van der Waals surface area contributed by atoms with Crippen molar-refractivity contribution in [1.29, 1.82) is 0 Å². The smallest absolute Gasteiger partial charge is 0.486 e. The molecule has 0 radical (unpaired) electrons. The Bertz CT molecular complexity index is 909. The van der Waals surface area contributed by atoms with E-state index in [1.54, 1.807) is 0 Å². The molecule has 0 spiro atoms. The maximum absolute atomic E-state index is 13.2. The summed E-state index contributed by atoms with van der Waals surface area (Å²) in [5.41, 5.74) is -0.699. The van der Waals surface area contributed by atoms with Crippen LogP contribution in [0.25, 0.3) is 11.1 Å². The first kappa shape index (κ1) is 21.3. The lowest BCUT2D eigenvalue weighted by atomic mass is 9.99. The van der Waals surface area contributed by atoms with E-state index in [-0.39, 0.29) is 35.0 Å². The molecule has 1 aliphatic heterocycles. The number of nitrogens with zero attached hydrogens (tertiary/aromatic N) is 1. The lowest BCUT2D eigenvalue weighted by molar-refractivity contribution is -0.262. The number of carbonyl (C=O) groups excluding carboxylic acids is 1. The van der Waals surface area contributed by atoms with Gasteiger partial charge in [0.2, 0.25) is 0 Å². The van der Waals surface area contributed by atoms with Gasteiger partial charge in [0.05, 0.1) is 23.7 Å². The fourth-order valence-electron chi connectivity index (χ4n) is 2.64. The van der Waals surface area contributed by atoms with Gasteiger partial charge in [-0.2, -0.15) is 26.3 Å². The van der Waals surface area contributed by atoms with Crippen molar-refractivity contribution in [3.63, 3.8) is 0 Å². The van der Waals surface area contributed by atoms with Gasteiger partial charge >= 0.3 is 18.3 Å². The molecule has 0 saturated carbocycles. The van der Waals surface area contributed by atoms with Crippen LogP contribution in [0.3, 0.4) is 0 Å². The normalized spacial score (nSPS) is 15.7. The van der Waals surface area contributed by atoms with Gasteiger partial charge in [0.25, 0.3) is 0 Å². The number of hydroxylamine groups is 2. The molecular formula is C18H12ClF6NO3. The van der Waals surface area contributed by atoms with Gasteiger partial charge in [-0.05, 0) is 29.3 Å². The summed E-state index contributed by atoms with van der Waals surface area (Å²) in [6.07, 6.45) is -10.3.